The Morgan fingerprint density at radius 2 is 1.93 bits per heavy atom. The lowest BCUT2D eigenvalue weighted by Crippen LogP contribution is -2.20. The number of hydrogen-bond acceptors (Lipinski definition) is 2. The molecule has 1 aromatic carbocycles. The largest absolute Gasteiger partial charge is 0.326 e. The third-order valence-corrected chi connectivity index (χ3v) is 2.98. The number of nitrogens with two attached hydrogens (primary N) is 1. The molecule has 1 saturated heterocycles. The molecule has 1 fully saturated rings. The van der Waals surface area contributed by atoms with Gasteiger partial charge in [-0.15, -0.1) is 0 Å². The van der Waals surface area contributed by atoms with E-state index in [1.807, 2.05) is 0 Å². The highest BCUT2D eigenvalue weighted by Crippen LogP contribution is 2.17. The van der Waals surface area contributed by atoms with Crippen LogP contribution in [0.3, 0.4) is 0 Å². The van der Waals surface area contributed by atoms with Crippen LogP contribution in [0, 0.1) is 5.82 Å². The summed E-state index contributed by atoms with van der Waals surface area (Å²) in [6.07, 6.45) is 2.51. The van der Waals surface area contributed by atoms with Crippen molar-refractivity contribution in [2.75, 3.05) is 13.1 Å². The predicted molar refractivity (Wildman–Crippen MR) is 58.8 cm³/mol. The van der Waals surface area contributed by atoms with Crippen molar-refractivity contribution >= 4 is 0 Å². The molecule has 82 valence electrons. The second-order valence-electron chi connectivity index (χ2n) is 4.10. The number of hydrogen-bond donors (Lipinski definition) is 1. The fourth-order valence-corrected chi connectivity index (χ4v) is 2.12. The summed E-state index contributed by atoms with van der Waals surface area (Å²) in [5.74, 6) is -0.165. The van der Waals surface area contributed by atoms with Gasteiger partial charge in [0.25, 0.3) is 0 Å². The molecule has 3 heteroatoms. The van der Waals surface area contributed by atoms with Gasteiger partial charge in [-0.05, 0) is 49.2 Å². The lowest BCUT2D eigenvalue weighted by atomic mass is 10.1. The second kappa shape index (κ2) is 4.73. The van der Waals surface area contributed by atoms with Crippen LogP contribution in [0.4, 0.5) is 4.39 Å². The van der Waals surface area contributed by atoms with E-state index in [-0.39, 0.29) is 5.82 Å². The summed E-state index contributed by atoms with van der Waals surface area (Å²) in [7, 11) is 0. The van der Waals surface area contributed by atoms with Crippen LogP contribution >= 0.6 is 0 Å². The number of rotatable bonds is 3. The Balaban J connectivity index is 2.14. The van der Waals surface area contributed by atoms with Crippen LogP contribution in [0.25, 0.3) is 0 Å². The smallest absolute Gasteiger partial charge is 0.123 e. The Kier molecular flexibility index (Phi) is 3.34. The zero-order valence-electron chi connectivity index (χ0n) is 8.88. The minimum absolute atomic E-state index is 0.165. The summed E-state index contributed by atoms with van der Waals surface area (Å²) in [5.41, 5.74) is 7.73. The highest BCUT2D eigenvalue weighted by atomic mass is 19.1. The third kappa shape index (κ3) is 2.55. The fourth-order valence-electron chi connectivity index (χ4n) is 2.12. The zero-order valence-corrected chi connectivity index (χ0v) is 8.88. The van der Waals surface area contributed by atoms with E-state index in [2.05, 4.69) is 4.90 Å². The van der Waals surface area contributed by atoms with Crippen LogP contribution in [0.2, 0.25) is 0 Å². The molecule has 1 heterocycles. The van der Waals surface area contributed by atoms with Gasteiger partial charge in [-0.2, -0.15) is 0 Å². The lowest BCUT2D eigenvalue weighted by molar-refractivity contribution is 0.329. The Bertz CT molecular complexity index is 332. The number of likely N-dealkylation sites (tertiary alicyclic amines) is 1. The molecule has 0 radical (unpaired) electrons. The molecule has 0 unspecified atom stereocenters. The van der Waals surface area contributed by atoms with Crippen LogP contribution in [-0.2, 0) is 13.1 Å². The quantitative estimate of drug-likeness (QED) is 0.821. The van der Waals surface area contributed by atoms with Crippen molar-refractivity contribution in [3.8, 4) is 0 Å². The first-order chi connectivity index (χ1) is 7.29. The van der Waals surface area contributed by atoms with Gasteiger partial charge >= 0.3 is 0 Å². The average molecular weight is 208 g/mol. The topological polar surface area (TPSA) is 29.3 Å². The molecular weight excluding hydrogens is 191 g/mol. The first kappa shape index (κ1) is 10.6. The van der Waals surface area contributed by atoms with E-state index in [1.165, 1.54) is 18.9 Å². The van der Waals surface area contributed by atoms with Crippen molar-refractivity contribution in [2.45, 2.75) is 25.9 Å². The highest BCUT2D eigenvalue weighted by molar-refractivity contribution is 5.27. The summed E-state index contributed by atoms with van der Waals surface area (Å²) in [6.45, 7) is 3.58. The van der Waals surface area contributed by atoms with Crippen molar-refractivity contribution < 1.29 is 4.39 Å². The molecule has 2 nitrogen and oxygen atoms in total. The first-order valence-electron chi connectivity index (χ1n) is 5.49. The number of benzene rings is 1. The molecule has 0 bridgehead atoms. The SMILES string of the molecule is NCc1ccc(F)cc1CN1CCCC1. The molecule has 0 spiro atoms. The zero-order chi connectivity index (χ0) is 10.7. The molecule has 0 amide bonds. The van der Waals surface area contributed by atoms with E-state index in [1.54, 1.807) is 12.1 Å². The molecule has 1 aliphatic rings. The standard InChI is InChI=1S/C12H17FN2/c13-12-4-3-10(8-14)11(7-12)9-15-5-1-2-6-15/h3-4,7H,1-2,5-6,8-9,14H2. The number of halogens is 1. The van der Waals surface area contributed by atoms with Gasteiger partial charge in [0, 0.05) is 13.1 Å². The van der Waals surface area contributed by atoms with Crippen molar-refractivity contribution in [1.82, 2.24) is 4.90 Å². The minimum atomic E-state index is -0.165. The molecule has 0 aliphatic carbocycles. The first-order valence-corrected chi connectivity index (χ1v) is 5.49. The third-order valence-electron chi connectivity index (χ3n) is 2.98. The van der Waals surface area contributed by atoms with Crippen molar-refractivity contribution in [3.05, 3.63) is 35.1 Å². The molecule has 2 N–H and O–H groups in total. The van der Waals surface area contributed by atoms with Crippen LogP contribution in [0.15, 0.2) is 18.2 Å². The van der Waals surface area contributed by atoms with Crippen molar-refractivity contribution in [2.24, 2.45) is 5.73 Å². The fraction of sp³-hybridized carbons (Fsp3) is 0.500. The highest BCUT2D eigenvalue weighted by Gasteiger charge is 2.13. The van der Waals surface area contributed by atoms with Gasteiger partial charge < -0.3 is 5.73 Å². The van der Waals surface area contributed by atoms with Gasteiger partial charge in [0.2, 0.25) is 0 Å². The lowest BCUT2D eigenvalue weighted by Gasteiger charge is -2.16. The summed E-state index contributed by atoms with van der Waals surface area (Å²) in [4.78, 5) is 2.36. The molecular formula is C12H17FN2. The molecule has 1 aromatic rings. The maximum atomic E-state index is 13.1. The van der Waals surface area contributed by atoms with E-state index in [4.69, 9.17) is 5.73 Å². The summed E-state index contributed by atoms with van der Waals surface area (Å²) >= 11 is 0. The molecule has 2 rings (SSSR count). The van der Waals surface area contributed by atoms with Crippen LogP contribution in [-0.4, -0.2) is 18.0 Å². The molecule has 1 aliphatic heterocycles. The van der Waals surface area contributed by atoms with E-state index < -0.39 is 0 Å². The minimum Gasteiger partial charge on any atom is -0.326 e. The Labute approximate surface area is 89.9 Å². The average Bonchev–Trinajstić information content (AvgIpc) is 2.71. The summed E-state index contributed by atoms with van der Waals surface area (Å²) in [6, 6.07) is 4.89. The van der Waals surface area contributed by atoms with Gasteiger partial charge in [-0.3, -0.25) is 4.90 Å². The maximum absolute atomic E-state index is 13.1. The monoisotopic (exact) mass is 208 g/mol. The molecule has 0 saturated carbocycles. The van der Waals surface area contributed by atoms with Crippen LogP contribution in [0.5, 0.6) is 0 Å². The van der Waals surface area contributed by atoms with E-state index in [0.717, 1.165) is 30.8 Å². The van der Waals surface area contributed by atoms with E-state index >= 15 is 0 Å². The summed E-state index contributed by atoms with van der Waals surface area (Å²) in [5, 5.41) is 0. The van der Waals surface area contributed by atoms with Gasteiger partial charge in [-0.1, -0.05) is 6.07 Å². The maximum Gasteiger partial charge on any atom is 0.123 e. The van der Waals surface area contributed by atoms with Crippen LogP contribution in [0.1, 0.15) is 24.0 Å². The normalized spacial score (nSPS) is 17.2. The Morgan fingerprint density at radius 1 is 1.20 bits per heavy atom. The molecule has 15 heavy (non-hydrogen) atoms. The molecule has 0 aromatic heterocycles. The number of nitrogens with zero attached hydrogens (tertiary/aromatic N) is 1. The van der Waals surface area contributed by atoms with E-state index in [0.29, 0.717) is 6.54 Å². The van der Waals surface area contributed by atoms with Gasteiger partial charge in [0.05, 0.1) is 0 Å². The molecule has 0 atom stereocenters. The van der Waals surface area contributed by atoms with Gasteiger partial charge in [-0.25, -0.2) is 4.39 Å². The summed E-state index contributed by atoms with van der Waals surface area (Å²) < 4.78 is 13.1. The van der Waals surface area contributed by atoms with Crippen LogP contribution < -0.4 is 5.73 Å². The van der Waals surface area contributed by atoms with Crippen molar-refractivity contribution in [3.63, 3.8) is 0 Å². The van der Waals surface area contributed by atoms with Crippen molar-refractivity contribution in [1.29, 1.82) is 0 Å². The predicted octanol–water partition coefficient (Wildman–Crippen LogP) is 1.88. The Morgan fingerprint density at radius 3 is 2.60 bits per heavy atom. The van der Waals surface area contributed by atoms with Gasteiger partial charge in [0.1, 0.15) is 5.82 Å². The Hall–Kier alpha value is -0.930. The van der Waals surface area contributed by atoms with E-state index in [9.17, 15) is 4.39 Å². The van der Waals surface area contributed by atoms with Gasteiger partial charge in [0.15, 0.2) is 0 Å². The second-order valence-corrected chi connectivity index (χ2v) is 4.10.